The van der Waals surface area contributed by atoms with E-state index in [1.807, 2.05) is 6.07 Å². The van der Waals surface area contributed by atoms with Gasteiger partial charge < -0.3 is 14.6 Å². The maximum Gasteiger partial charge on any atom is 0.316 e. The van der Waals surface area contributed by atoms with Crippen LogP contribution in [0.1, 0.15) is 5.76 Å². The number of nitrogens with zero attached hydrogens (tertiary/aromatic N) is 1. The van der Waals surface area contributed by atoms with Gasteiger partial charge in [-0.05, 0) is 24.3 Å². The summed E-state index contributed by atoms with van der Waals surface area (Å²) in [6, 6.07) is 12.4. The molecule has 0 bridgehead atoms. The lowest BCUT2D eigenvalue weighted by molar-refractivity contribution is -0.137. The average molecular weight is 258 g/mol. The number of carbonyl (C=O) groups excluding carboxylic acids is 2. The van der Waals surface area contributed by atoms with E-state index in [9.17, 15) is 9.59 Å². The molecule has 1 aromatic heterocycles. The second-order valence-electron chi connectivity index (χ2n) is 3.96. The summed E-state index contributed by atoms with van der Waals surface area (Å²) in [5.74, 6) is -0.677. The van der Waals surface area contributed by atoms with E-state index in [-0.39, 0.29) is 6.54 Å². The lowest BCUT2D eigenvalue weighted by Gasteiger charge is -2.16. The molecular formula is C14H14N2O3. The molecule has 0 atom stereocenters. The maximum absolute atomic E-state index is 11.9. The molecule has 1 heterocycles. The molecular weight excluding hydrogens is 244 g/mol. The summed E-state index contributed by atoms with van der Waals surface area (Å²) in [4.78, 5) is 24.9. The largest absolute Gasteiger partial charge is 0.467 e. The molecule has 0 saturated heterocycles. The highest BCUT2D eigenvalue weighted by molar-refractivity contribution is 6.40. The summed E-state index contributed by atoms with van der Waals surface area (Å²) in [5.41, 5.74) is 0.667. The molecule has 1 N–H and O–H groups in total. The molecule has 0 aliphatic heterocycles. The summed E-state index contributed by atoms with van der Waals surface area (Å²) < 4.78 is 5.07. The molecule has 2 aromatic rings. The van der Waals surface area contributed by atoms with Gasteiger partial charge in [0.25, 0.3) is 0 Å². The van der Waals surface area contributed by atoms with E-state index < -0.39 is 11.8 Å². The van der Waals surface area contributed by atoms with E-state index in [1.165, 1.54) is 11.2 Å². The van der Waals surface area contributed by atoms with Crippen LogP contribution < -0.4 is 10.2 Å². The average Bonchev–Trinajstić information content (AvgIpc) is 2.97. The van der Waals surface area contributed by atoms with Crippen molar-refractivity contribution in [3.8, 4) is 0 Å². The van der Waals surface area contributed by atoms with E-state index in [1.54, 1.807) is 43.4 Å². The highest BCUT2D eigenvalue weighted by Crippen LogP contribution is 2.11. The third-order valence-corrected chi connectivity index (χ3v) is 2.65. The first-order chi connectivity index (χ1) is 9.18. The number of hydrogen-bond acceptors (Lipinski definition) is 3. The highest BCUT2D eigenvalue weighted by atomic mass is 16.3. The standard InChI is InChI=1S/C14H14N2O3/c1-16(11-6-3-2-4-7-11)14(18)13(17)15-10-12-8-5-9-19-12/h2-9H,10H2,1H3,(H,15,17). The minimum atomic E-state index is -0.664. The number of nitrogens with one attached hydrogen (secondary N) is 1. The van der Waals surface area contributed by atoms with Crippen LogP contribution in [0.5, 0.6) is 0 Å². The normalized spacial score (nSPS) is 9.95. The van der Waals surface area contributed by atoms with Crippen molar-refractivity contribution in [1.82, 2.24) is 5.32 Å². The summed E-state index contributed by atoms with van der Waals surface area (Å²) >= 11 is 0. The van der Waals surface area contributed by atoms with Gasteiger partial charge in [-0.3, -0.25) is 9.59 Å². The van der Waals surface area contributed by atoms with Gasteiger partial charge in [-0.25, -0.2) is 0 Å². The Balaban J connectivity index is 1.94. The quantitative estimate of drug-likeness (QED) is 0.850. The van der Waals surface area contributed by atoms with Crippen LogP contribution >= 0.6 is 0 Å². The van der Waals surface area contributed by atoms with Crippen LogP contribution in [0.3, 0.4) is 0 Å². The number of rotatable bonds is 3. The topological polar surface area (TPSA) is 62.6 Å². The minimum Gasteiger partial charge on any atom is -0.467 e. The van der Waals surface area contributed by atoms with Gasteiger partial charge in [0.15, 0.2) is 0 Å². The molecule has 0 fully saturated rings. The Bertz CT molecular complexity index is 549. The number of anilines is 1. The van der Waals surface area contributed by atoms with Gasteiger partial charge in [-0.1, -0.05) is 18.2 Å². The minimum absolute atomic E-state index is 0.195. The molecule has 0 radical (unpaired) electrons. The number of hydrogen-bond donors (Lipinski definition) is 1. The lowest BCUT2D eigenvalue weighted by Crippen LogP contribution is -2.40. The zero-order valence-electron chi connectivity index (χ0n) is 10.5. The van der Waals surface area contributed by atoms with Crippen LogP contribution in [0.25, 0.3) is 0 Å². The van der Waals surface area contributed by atoms with Gasteiger partial charge in [-0.2, -0.15) is 0 Å². The zero-order valence-corrected chi connectivity index (χ0v) is 10.5. The number of amides is 2. The molecule has 2 amide bonds. The summed E-state index contributed by atoms with van der Waals surface area (Å²) in [6.07, 6.45) is 1.51. The lowest BCUT2D eigenvalue weighted by atomic mass is 10.3. The van der Waals surface area contributed by atoms with Crippen molar-refractivity contribution in [3.05, 3.63) is 54.5 Å². The van der Waals surface area contributed by atoms with Crippen LogP contribution in [0.2, 0.25) is 0 Å². The molecule has 0 saturated carbocycles. The molecule has 1 aromatic carbocycles. The van der Waals surface area contributed by atoms with Gasteiger partial charge >= 0.3 is 11.8 Å². The number of likely N-dealkylation sites (N-methyl/N-ethyl adjacent to an activating group) is 1. The van der Waals surface area contributed by atoms with Crippen LogP contribution in [-0.2, 0) is 16.1 Å². The highest BCUT2D eigenvalue weighted by Gasteiger charge is 2.19. The molecule has 0 unspecified atom stereocenters. The Hall–Kier alpha value is -2.56. The molecule has 0 aliphatic carbocycles. The predicted octanol–water partition coefficient (Wildman–Crippen LogP) is 1.56. The smallest absolute Gasteiger partial charge is 0.316 e. The molecule has 0 spiro atoms. The van der Waals surface area contributed by atoms with Gasteiger partial charge in [0.05, 0.1) is 12.8 Å². The summed E-state index contributed by atoms with van der Waals surface area (Å²) in [5, 5.41) is 2.51. The maximum atomic E-state index is 11.9. The fourth-order valence-corrected chi connectivity index (χ4v) is 1.58. The third-order valence-electron chi connectivity index (χ3n) is 2.65. The Morgan fingerprint density at radius 3 is 2.53 bits per heavy atom. The fraction of sp³-hybridized carbons (Fsp3) is 0.143. The van der Waals surface area contributed by atoms with Crippen molar-refractivity contribution < 1.29 is 14.0 Å². The van der Waals surface area contributed by atoms with Gasteiger partial charge in [0.1, 0.15) is 5.76 Å². The zero-order chi connectivity index (χ0) is 13.7. The summed E-state index contributed by atoms with van der Waals surface area (Å²) in [7, 11) is 1.56. The Labute approximate surface area is 110 Å². The first-order valence-corrected chi connectivity index (χ1v) is 5.82. The second-order valence-corrected chi connectivity index (χ2v) is 3.96. The first-order valence-electron chi connectivity index (χ1n) is 5.82. The number of benzene rings is 1. The number of para-hydroxylation sites is 1. The third kappa shape index (κ3) is 3.22. The van der Waals surface area contributed by atoms with E-state index in [0.717, 1.165) is 0 Å². The molecule has 98 valence electrons. The van der Waals surface area contributed by atoms with Gasteiger partial charge in [-0.15, -0.1) is 0 Å². The molecule has 2 rings (SSSR count). The van der Waals surface area contributed by atoms with Gasteiger partial charge in [0.2, 0.25) is 0 Å². The first kappa shape index (κ1) is 12.9. The van der Waals surface area contributed by atoms with Crippen molar-refractivity contribution in [2.45, 2.75) is 6.54 Å². The number of furan rings is 1. The summed E-state index contributed by atoms with van der Waals surface area (Å²) in [6.45, 7) is 0.195. The van der Waals surface area contributed by atoms with Crippen molar-refractivity contribution in [2.24, 2.45) is 0 Å². The Morgan fingerprint density at radius 2 is 1.89 bits per heavy atom. The van der Waals surface area contributed by atoms with E-state index in [2.05, 4.69) is 5.32 Å². The monoisotopic (exact) mass is 258 g/mol. The van der Waals surface area contributed by atoms with Crippen molar-refractivity contribution in [3.63, 3.8) is 0 Å². The Morgan fingerprint density at radius 1 is 1.16 bits per heavy atom. The van der Waals surface area contributed by atoms with E-state index in [0.29, 0.717) is 11.4 Å². The van der Waals surface area contributed by atoms with Crippen LogP contribution in [-0.4, -0.2) is 18.9 Å². The molecule has 5 heteroatoms. The van der Waals surface area contributed by atoms with Crippen molar-refractivity contribution in [2.75, 3.05) is 11.9 Å². The van der Waals surface area contributed by atoms with Gasteiger partial charge in [0, 0.05) is 12.7 Å². The van der Waals surface area contributed by atoms with Crippen LogP contribution in [0.15, 0.2) is 53.1 Å². The SMILES string of the molecule is CN(C(=O)C(=O)NCc1ccco1)c1ccccc1. The van der Waals surface area contributed by atoms with Crippen LogP contribution in [0, 0.1) is 0 Å². The molecule has 19 heavy (non-hydrogen) atoms. The molecule has 5 nitrogen and oxygen atoms in total. The van der Waals surface area contributed by atoms with E-state index in [4.69, 9.17) is 4.42 Å². The Kier molecular flexibility index (Phi) is 3.97. The van der Waals surface area contributed by atoms with Crippen molar-refractivity contribution in [1.29, 1.82) is 0 Å². The fourth-order valence-electron chi connectivity index (χ4n) is 1.58. The van der Waals surface area contributed by atoms with Crippen molar-refractivity contribution >= 4 is 17.5 Å². The van der Waals surface area contributed by atoms with Crippen LogP contribution in [0.4, 0.5) is 5.69 Å². The van der Waals surface area contributed by atoms with E-state index >= 15 is 0 Å². The second kappa shape index (κ2) is 5.86. The molecule has 0 aliphatic rings. The predicted molar refractivity (Wildman–Crippen MR) is 70.4 cm³/mol. The number of carbonyl (C=O) groups is 2.